The molecule has 0 radical (unpaired) electrons. The topological polar surface area (TPSA) is 54.0 Å². The number of carbonyl (C=O) groups excluding carboxylic acids is 1. The first-order valence-corrected chi connectivity index (χ1v) is 10.6. The van der Waals surface area contributed by atoms with Crippen LogP contribution in [0.2, 0.25) is 0 Å². The van der Waals surface area contributed by atoms with Crippen molar-refractivity contribution in [1.29, 1.82) is 0 Å². The molecule has 1 fully saturated rings. The molecule has 1 amide bonds. The number of methoxy groups -OCH3 is 2. The zero-order valence-corrected chi connectivity index (χ0v) is 18.5. The highest BCUT2D eigenvalue weighted by atomic mass is 16.5. The lowest BCUT2D eigenvalue weighted by molar-refractivity contribution is -0.117. The largest absolute Gasteiger partial charge is 0.493 e. The minimum absolute atomic E-state index is 0.0624. The van der Waals surface area contributed by atoms with Crippen LogP contribution in [0.3, 0.4) is 0 Å². The molecule has 6 heteroatoms. The highest BCUT2D eigenvalue weighted by Gasteiger charge is 2.20. The van der Waals surface area contributed by atoms with Crippen molar-refractivity contribution in [3.8, 4) is 11.5 Å². The first-order chi connectivity index (χ1) is 14.5. The van der Waals surface area contributed by atoms with Gasteiger partial charge in [-0.1, -0.05) is 31.2 Å². The lowest BCUT2D eigenvalue weighted by Crippen LogP contribution is -2.48. The van der Waals surface area contributed by atoms with Gasteiger partial charge in [0.1, 0.15) is 0 Å². The van der Waals surface area contributed by atoms with Gasteiger partial charge >= 0.3 is 0 Å². The maximum Gasteiger partial charge on any atom is 0.238 e. The molecule has 0 spiro atoms. The van der Waals surface area contributed by atoms with E-state index in [2.05, 4.69) is 34.2 Å². The van der Waals surface area contributed by atoms with E-state index in [9.17, 15) is 4.79 Å². The first-order valence-electron chi connectivity index (χ1n) is 10.6. The third-order valence-electron chi connectivity index (χ3n) is 5.69. The molecule has 0 bridgehead atoms. The number of anilines is 1. The molecular formula is C24H33N3O3. The van der Waals surface area contributed by atoms with Crippen LogP contribution < -0.4 is 14.8 Å². The zero-order chi connectivity index (χ0) is 21.5. The Bertz CT molecular complexity index is 861. The average Bonchev–Trinajstić information content (AvgIpc) is 2.76. The number of rotatable bonds is 8. The van der Waals surface area contributed by atoms with Gasteiger partial charge in [0.15, 0.2) is 11.5 Å². The molecular weight excluding hydrogens is 378 g/mol. The summed E-state index contributed by atoms with van der Waals surface area (Å²) >= 11 is 0. The van der Waals surface area contributed by atoms with Gasteiger partial charge in [0.05, 0.1) is 20.8 Å². The minimum atomic E-state index is 0.0624. The number of nitrogens with zero attached hydrogens (tertiary/aromatic N) is 2. The maximum absolute atomic E-state index is 12.6. The van der Waals surface area contributed by atoms with Gasteiger partial charge in [0, 0.05) is 38.4 Å². The van der Waals surface area contributed by atoms with E-state index in [0.29, 0.717) is 6.54 Å². The SMILES string of the molecule is CCc1cccc(C)c1NC(=O)CN1CCN(Cc2ccc(OC)c(OC)c2)CC1. The molecule has 0 aromatic heterocycles. The van der Waals surface area contributed by atoms with Crippen molar-refractivity contribution in [1.82, 2.24) is 9.80 Å². The third-order valence-corrected chi connectivity index (χ3v) is 5.69. The Labute approximate surface area is 179 Å². The molecule has 1 heterocycles. The predicted molar refractivity (Wildman–Crippen MR) is 120 cm³/mol. The number of hydrogen-bond acceptors (Lipinski definition) is 5. The smallest absolute Gasteiger partial charge is 0.238 e. The molecule has 0 unspecified atom stereocenters. The Hall–Kier alpha value is -2.57. The highest BCUT2D eigenvalue weighted by molar-refractivity contribution is 5.93. The minimum Gasteiger partial charge on any atom is -0.493 e. The summed E-state index contributed by atoms with van der Waals surface area (Å²) in [5, 5.41) is 3.13. The molecule has 6 nitrogen and oxygen atoms in total. The van der Waals surface area contributed by atoms with Crippen LogP contribution in [-0.2, 0) is 17.8 Å². The Morgan fingerprint density at radius 1 is 1.00 bits per heavy atom. The lowest BCUT2D eigenvalue weighted by Gasteiger charge is -2.34. The molecule has 30 heavy (non-hydrogen) atoms. The van der Waals surface area contributed by atoms with E-state index in [1.165, 1.54) is 11.1 Å². The standard InChI is InChI=1S/C24H33N3O3/c1-5-20-8-6-7-18(2)24(20)25-23(28)17-27-13-11-26(12-14-27)16-19-9-10-21(29-3)22(15-19)30-4/h6-10,15H,5,11-14,16-17H2,1-4H3,(H,25,28). The predicted octanol–water partition coefficient (Wildman–Crippen LogP) is 3.33. The van der Waals surface area contributed by atoms with Crippen molar-refractivity contribution in [2.75, 3.05) is 52.3 Å². The summed E-state index contributed by atoms with van der Waals surface area (Å²) in [6, 6.07) is 12.2. The van der Waals surface area contributed by atoms with Gasteiger partial charge in [-0.15, -0.1) is 0 Å². The fraction of sp³-hybridized carbons (Fsp3) is 0.458. The van der Waals surface area contributed by atoms with Crippen LogP contribution in [0.1, 0.15) is 23.6 Å². The van der Waals surface area contributed by atoms with Crippen LogP contribution in [0.25, 0.3) is 0 Å². The van der Waals surface area contributed by atoms with E-state index >= 15 is 0 Å². The number of aryl methyl sites for hydroxylation is 2. The van der Waals surface area contributed by atoms with Crippen molar-refractivity contribution < 1.29 is 14.3 Å². The zero-order valence-electron chi connectivity index (χ0n) is 18.5. The summed E-state index contributed by atoms with van der Waals surface area (Å²) in [6.07, 6.45) is 0.909. The van der Waals surface area contributed by atoms with E-state index in [-0.39, 0.29) is 5.91 Å². The highest BCUT2D eigenvalue weighted by Crippen LogP contribution is 2.28. The van der Waals surface area contributed by atoms with Gasteiger partial charge in [-0.05, 0) is 42.2 Å². The van der Waals surface area contributed by atoms with E-state index in [1.54, 1.807) is 14.2 Å². The summed E-state index contributed by atoms with van der Waals surface area (Å²) in [5.41, 5.74) is 4.47. The fourth-order valence-corrected chi connectivity index (χ4v) is 3.93. The molecule has 1 saturated heterocycles. The molecule has 0 saturated carbocycles. The number of piperazine rings is 1. The third kappa shape index (κ3) is 5.52. The molecule has 2 aromatic rings. The second kappa shape index (κ2) is 10.5. The average molecular weight is 412 g/mol. The molecule has 3 rings (SSSR count). The van der Waals surface area contributed by atoms with Crippen molar-refractivity contribution in [2.45, 2.75) is 26.8 Å². The number of hydrogen-bond donors (Lipinski definition) is 1. The van der Waals surface area contributed by atoms with Crippen molar-refractivity contribution >= 4 is 11.6 Å². The fourth-order valence-electron chi connectivity index (χ4n) is 3.93. The Morgan fingerprint density at radius 2 is 1.70 bits per heavy atom. The van der Waals surface area contributed by atoms with Crippen molar-refractivity contribution in [3.63, 3.8) is 0 Å². The van der Waals surface area contributed by atoms with E-state index < -0.39 is 0 Å². The number of ether oxygens (including phenoxy) is 2. The summed E-state index contributed by atoms with van der Waals surface area (Å²) in [7, 11) is 3.31. The quantitative estimate of drug-likeness (QED) is 0.722. The van der Waals surface area contributed by atoms with Crippen LogP contribution in [0.5, 0.6) is 11.5 Å². The molecule has 1 N–H and O–H groups in total. The summed E-state index contributed by atoms with van der Waals surface area (Å²) in [6.45, 7) is 9.09. The van der Waals surface area contributed by atoms with Crippen LogP contribution in [0.15, 0.2) is 36.4 Å². The van der Waals surface area contributed by atoms with Crippen LogP contribution in [0, 0.1) is 6.92 Å². The van der Waals surface area contributed by atoms with Crippen LogP contribution >= 0.6 is 0 Å². The Morgan fingerprint density at radius 3 is 2.37 bits per heavy atom. The monoisotopic (exact) mass is 411 g/mol. The molecule has 2 aromatic carbocycles. The van der Waals surface area contributed by atoms with E-state index in [0.717, 1.165) is 61.9 Å². The van der Waals surface area contributed by atoms with Crippen molar-refractivity contribution in [3.05, 3.63) is 53.1 Å². The van der Waals surface area contributed by atoms with Crippen molar-refractivity contribution in [2.24, 2.45) is 0 Å². The van der Waals surface area contributed by atoms with Gasteiger partial charge in [0.2, 0.25) is 5.91 Å². The second-order valence-electron chi connectivity index (χ2n) is 7.75. The van der Waals surface area contributed by atoms with Crippen LogP contribution in [0.4, 0.5) is 5.69 Å². The Kier molecular flexibility index (Phi) is 7.71. The van der Waals surface area contributed by atoms with E-state index in [4.69, 9.17) is 9.47 Å². The van der Waals surface area contributed by atoms with E-state index in [1.807, 2.05) is 31.2 Å². The molecule has 1 aliphatic heterocycles. The molecule has 0 atom stereocenters. The summed E-state index contributed by atoms with van der Waals surface area (Å²) in [5.74, 6) is 1.57. The van der Waals surface area contributed by atoms with Gasteiger partial charge in [-0.25, -0.2) is 0 Å². The number of benzene rings is 2. The normalized spacial score (nSPS) is 15.1. The number of carbonyl (C=O) groups is 1. The van der Waals surface area contributed by atoms with Crippen LogP contribution in [-0.4, -0.2) is 62.7 Å². The summed E-state index contributed by atoms with van der Waals surface area (Å²) in [4.78, 5) is 17.2. The van der Waals surface area contributed by atoms with Gasteiger partial charge in [-0.3, -0.25) is 14.6 Å². The number of para-hydroxylation sites is 1. The number of amides is 1. The molecule has 0 aliphatic carbocycles. The molecule has 162 valence electrons. The lowest BCUT2D eigenvalue weighted by atomic mass is 10.1. The summed E-state index contributed by atoms with van der Waals surface area (Å²) < 4.78 is 10.7. The van der Waals surface area contributed by atoms with Gasteiger partial charge in [-0.2, -0.15) is 0 Å². The van der Waals surface area contributed by atoms with Gasteiger partial charge < -0.3 is 14.8 Å². The Balaban J connectivity index is 1.49. The second-order valence-corrected chi connectivity index (χ2v) is 7.75. The van der Waals surface area contributed by atoms with Gasteiger partial charge in [0.25, 0.3) is 0 Å². The molecule has 1 aliphatic rings. The number of nitrogens with one attached hydrogen (secondary N) is 1. The maximum atomic E-state index is 12.6. The first kappa shape index (κ1) is 22.1.